The lowest BCUT2D eigenvalue weighted by Crippen LogP contribution is -2.38. The average molecular weight is 286 g/mol. The number of piperidine rings is 1. The summed E-state index contributed by atoms with van der Waals surface area (Å²) >= 11 is 0. The summed E-state index contributed by atoms with van der Waals surface area (Å²) in [5, 5.41) is 8.97. The van der Waals surface area contributed by atoms with Crippen molar-refractivity contribution < 1.29 is 4.79 Å². The van der Waals surface area contributed by atoms with E-state index in [-0.39, 0.29) is 5.91 Å². The Kier molecular flexibility index (Phi) is 3.81. The second kappa shape index (κ2) is 5.90. The first-order valence-corrected chi connectivity index (χ1v) is 7.13. The molecule has 7 nitrogen and oxygen atoms in total. The lowest BCUT2D eigenvalue weighted by Gasteiger charge is -2.34. The number of carbonyl (C=O) groups excluding carboxylic acids is 1. The standard InChI is InChI=1S/C14H18N6O/c1-10-4-2-3-7-20(10)12-8-11(5-6-15-12)13(21)18-14-16-9-17-19-14/h5-6,8-10H,2-4,7H2,1H3,(H2,16,17,18,19,21)/t10-/m1/s1. The zero-order chi connectivity index (χ0) is 14.7. The number of aromatic nitrogens is 4. The Hall–Kier alpha value is -2.44. The van der Waals surface area contributed by atoms with E-state index in [0.717, 1.165) is 18.8 Å². The highest BCUT2D eigenvalue weighted by atomic mass is 16.1. The Morgan fingerprint density at radius 2 is 2.33 bits per heavy atom. The summed E-state index contributed by atoms with van der Waals surface area (Å²) in [7, 11) is 0. The van der Waals surface area contributed by atoms with Gasteiger partial charge in [0.15, 0.2) is 0 Å². The van der Waals surface area contributed by atoms with Crippen molar-refractivity contribution >= 4 is 17.7 Å². The minimum Gasteiger partial charge on any atom is -0.354 e. The maximum absolute atomic E-state index is 12.2. The molecule has 0 unspecified atom stereocenters. The van der Waals surface area contributed by atoms with Gasteiger partial charge < -0.3 is 4.90 Å². The molecule has 1 atom stereocenters. The topological polar surface area (TPSA) is 86.8 Å². The van der Waals surface area contributed by atoms with Gasteiger partial charge in [0.1, 0.15) is 12.1 Å². The van der Waals surface area contributed by atoms with Crippen LogP contribution in [0.4, 0.5) is 11.8 Å². The highest BCUT2D eigenvalue weighted by Gasteiger charge is 2.20. The molecule has 2 aromatic heterocycles. The predicted octanol–water partition coefficient (Wildman–Crippen LogP) is 1.83. The van der Waals surface area contributed by atoms with Crippen LogP contribution in [-0.4, -0.2) is 38.7 Å². The SMILES string of the molecule is C[C@@H]1CCCCN1c1cc(C(=O)Nc2ncn[nH]2)ccn1. The molecule has 0 bridgehead atoms. The third kappa shape index (κ3) is 3.01. The number of nitrogens with one attached hydrogen (secondary N) is 2. The molecule has 1 saturated heterocycles. The molecule has 0 spiro atoms. The van der Waals surface area contributed by atoms with E-state index in [1.54, 1.807) is 12.3 Å². The quantitative estimate of drug-likeness (QED) is 0.899. The summed E-state index contributed by atoms with van der Waals surface area (Å²) in [5.41, 5.74) is 0.564. The number of pyridine rings is 1. The van der Waals surface area contributed by atoms with Crippen LogP contribution in [0, 0.1) is 0 Å². The zero-order valence-corrected chi connectivity index (χ0v) is 11.9. The fourth-order valence-electron chi connectivity index (χ4n) is 2.60. The molecule has 3 heterocycles. The molecule has 2 aromatic rings. The molecule has 2 N–H and O–H groups in total. The van der Waals surface area contributed by atoms with Gasteiger partial charge in [-0.2, -0.15) is 10.1 Å². The third-order valence-electron chi connectivity index (χ3n) is 3.75. The molecule has 1 aliphatic rings. The van der Waals surface area contributed by atoms with E-state index >= 15 is 0 Å². The smallest absolute Gasteiger partial charge is 0.258 e. The normalized spacial score (nSPS) is 18.5. The molecule has 21 heavy (non-hydrogen) atoms. The first-order chi connectivity index (χ1) is 10.2. The summed E-state index contributed by atoms with van der Waals surface area (Å²) in [4.78, 5) is 22.7. The molecule has 110 valence electrons. The molecule has 0 radical (unpaired) electrons. The minimum absolute atomic E-state index is 0.222. The number of aromatic amines is 1. The van der Waals surface area contributed by atoms with E-state index in [9.17, 15) is 4.79 Å². The van der Waals surface area contributed by atoms with Crippen molar-refractivity contribution in [3.63, 3.8) is 0 Å². The number of anilines is 2. The van der Waals surface area contributed by atoms with Gasteiger partial charge in [-0.1, -0.05) is 0 Å². The molecular weight excluding hydrogens is 268 g/mol. The fraction of sp³-hybridized carbons (Fsp3) is 0.429. The minimum atomic E-state index is -0.222. The van der Waals surface area contributed by atoms with Crippen molar-refractivity contribution in [1.29, 1.82) is 0 Å². The number of amides is 1. The van der Waals surface area contributed by atoms with Gasteiger partial charge in [-0.15, -0.1) is 0 Å². The number of hydrogen-bond donors (Lipinski definition) is 2. The van der Waals surface area contributed by atoms with E-state index in [4.69, 9.17) is 0 Å². The van der Waals surface area contributed by atoms with Gasteiger partial charge >= 0.3 is 0 Å². The Balaban J connectivity index is 1.77. The van der Waals surface area contributed by atoms with Crippen molar-refractivity contribution in [3.05, 3.63) is 30.2 Å². The van der Waals surface area contributed by atoms with Crippen LogP contribution in [0.2, 0.25) is 0 Å². The van der Waals surface area contributed by atoms with Crippen LogP contribution in [0.25, 0.3) is 0 Å². The summed E-state index contributed by atoms with van der Waals surface area (Å²) in [6, 6.07) is 3.98. The molecule has 1 amide bonds. The van der Waals surface area contributed by atoms with Gasteiger partial charge in [0.25, 0.3) is 5.91 Å². The van der Waals surface area contributed by atoms with E-state index < -0.39 is 0 Å². The van der Waals surface area contributed by atoms with Crippen molar-refractivity contribution in [2.75, 3.05) is 16.8 Å². The molecule has 0 aromatic carbocycles. The molecule has 1 fully saturated rings. The maximum atomic E-state index is 12.2. The molecular formula is C14H18N6O. The fourth-order valence-corrected chi connectivity index (χ4v) is 2.60. The average Bonchev–Trinajstić information content (AvgIpc) is 3.01. The van der Waals surface area contributed by atoms with E-state index in [2.05, 4.69) is 37.3 Å². The number of H-pyrrole nitrogens is 1. The summed E-state index contributed by atoms with van der Waals surface area (Å²) in [5.74, 6) is 0.970. The van der Waals surface area contributed by atoms with Crippen LogP contribution in [0.5, 0.6) is 0 Å². The van der Waals surface area contributed by atoms with Crippen molar-refractivity contribution in [3.8, 4) is 0 Å². The van der Waals surface area contributed by atoms with E-state index in [0.29, 0.717) is 17.6 Å². The number of rotatable bonds is 3. The highest BCUT2D eigenvalue weighted by molar-refractivity contribution is 6.03. The summed E-state index contributed by atoms with van der Waals surface area (Å²) in [6.45, 7) is 3.18. The second-order valence-corrected chi connectivity index (χ2v) is 5.23. The van der Waals surface area contributed by atoms with Crippen molar-refractivity contribution in [2.24, 2.45) is 0 Å². The van der Waals surface area contributed by atoms with Crippen molar-refractivity contribution in [1.82, 2.24) is 20.2 Å². The van der Waals surface area contributed by atoms with Crippen LogP contribution in [-0.2, 0) is 0 Å². The summed E-state index contributed by atoms with van der Waals surface area (Å²) < 4.78 is 0. The molecule has 0 saturated carbocycles. The van der Waals surface area contributed by atoms with Crippen LogP contribution in [0.15, 0.2) is 24.7 Å². The number of carbonyl (C=O) groups is 1. The van der Waals surface area contributed by atoms with Crippen LogP contribution < -0.4 is 10.2 Å². The highest BCUT2D eigenvalue weighted by Crippen LogP contribution is 2.23. The van der Waals surface area contributed by atoms with E-state index in [1.165, 1.54) is 19.2 Å². The van der Waals surface area contributed by atoms with Gasteiger partial charge in [-0.05, 0) is 38.3 Å². The Bertz CT molecular complexity index is 612. The lowest BCUT2D eigenvalue weighted by atomic mass is 10.0. The van der Waals surface area contributed by atoms with Crippen LogP contribution in [0.1, 0.15) is 36.5 Å². The van der Waals surface area contributed by atoms with Crippen LogP contribution in [0.3, 0.4) is 0 Å². The largest absolute Gasteiger partial charge is 0.354 e. The van der Waals surface area contributed by atoms with E-state index in [1.807, 2.05) is 6.07 Å². The molecule has 0 aliphatic carbocycles. The molecule has 7 heteroatoms. The van der Waals surface area contributed by atoms with Gasteiger partial charge in [0, 0.05) is 24.3 Å². The van der Waals surface area contributed by atoms with Gasteiger partial charge in [-0.25, -0.2) is 10.1 Å². The monoisotopic (exact) mass is 286 g/mol. The zero-order valence-electron chi connectivity index (χ0n) is 11.9. The lowest BCUT2D eigenvalue weighted by molar-refractivity contribution is 0.102. The van der Waals surface area contributed by atoms with Gasteiger partial charge in [0.05, 0.1) is 0 Å². The maximum Gasteiger partial charge on any atom is 0.258 e. The number of nitrogens with zero attached hydrogens (tertiary/aromatic N) is 4. The number of hydrogen-bond acceptors (Lipinski definition) is 5. The van der Waals surface area contributed by atoms with Crippen molar-refractivity contribution in [2.45, 2.75) is 32.2 Å². The molecule has 1 aliphatic heterocycles. The first-order valence-electron chi connectivity index (χ1n) is 7.13. The van der Waals surface area contributed by atoms with Crippen LogP contribution >= 0.6 is 0 Å². The van der Waals surface area contributed by atoms with Gasteiger partial charge in [0.2, 0.25) is 5.95 Å². The Morgan fingerprint density at radius 1 is 1.43 bits per heavy atom. The Labute approximate surface area is 122 Å². The second-order valence-electron chi connectivity index (χ2n) is 5.23. The van der Waals surface area contributed by atoms with Gasteiger partial charge in [-0.3, -0.25) is 10.1 Å². The third-order valence-corrected chi connectivity index (χ3v) is 3.75. The Morgan fingerprint density at radius 3 is 3.10 bits per heavy atom. The first kappa shape index (κ1) is 13.5. The summed E-state index contributed by atoms with van der Waals surface area (Å²) in [6.07, 6.45) is 6.61. The predicted molar refractivity (Wildman–Crippen MR) is 79.2 cm³/mol. The molecule has 3 rings (SSSR count).